The Morgan fingerprint density at radius 3 is 3.08 bits per heavy atom. The zero-order chi connectivity index (χ0) is 8.81. The minimum Gasteiger partial charge on any atom is -0.313 e. The number of nitrogens with zero attached hydrogens (tertiary/aromatic N) is 2. The Morgan fingerprint density at radius 1 is 1.67 bits per heavy atom. The molecule has 0 aromatic carbocycles. The van der Waals surface area contributed by atoms with Crippen molar-refractivity contribution in [2.45, 2.75) is 18.8 Å². The third-order valence-electron chi connectivity index (χ3n) is 1.50. The zero-order valence-corrected chi connectivity index (χ0v) is 7.96. The number of alkyl halides is 1. The fourth-order valence-electron chi connectivity index (χ4n) is 0.927. The molecule has 0 aliphatic carbocycles. The normalized spacial score (nSPS) is 13.2. The van der Waals surface area contributed by atoms with Crippen LogP contribution >= 0.6 is 11.6 Å². The van der Waals surface area contributed by atoms with Crippen LogP contribution in [0.5, 0.6) is 0 Å². The third kappa shape index (κ3) is 3.74. The molecule has 1 unspecified atom stereocenters. The maximum atomic E-state index is 5.75. The van der Waals surface area contributed by atoms with Gasteiger partial charge in [-0.15, -0.1) is 11.6 Å². The van der Waals surface area contributed by atoms with Crippen molar-refractivity contribution in [2.75, 3.05) is 13.1 Å². The molecule has 68 valence electrons. The molecule has 0 aliphatic rings. The minimum absolute atomic E-state index is 0.197. The molecular formula is C8H14ClN3. The van der Waals surface area contributed by atoms with E-state index in [-0.39, 0.29) is 5.38 Å². The highest BCUT2D eigenvalue weighted by molar-refractivity contribution is 6.20. The van der Waals surface area contributed by atoms with Gasteiger partial charge in [0.2, 0.25) is 0 Å². The van der Waals surface area contributed by atoms with Crippen LogP contribution in [0.2, 0.25) is 0 Å². The Kier molecular flexibility index (Phi) is 4.11. The van der Waals surface area contributed by atoms with Crippen LogP contribution in [0.1, 0.15) is 6.92 Å². The smallest absolute Gasteiger partial charge is 0.0533 e. The van der Waals surface area contributed by atoms with E-state index in [4.69, 9.17) is 11.6 Å². The van der Waals surface area contributed by atoms with Gasteiger partial charge in [-0.2, -0.15) is 5.10 Å². The topological polar surface area (TPSA) is 29.9 Å². The van der Waals surface area contributed by atoms with E-state index < -0.39 is 0 Å². The molecule has 0 bridgehead atoms. The Bertz CT molecular complexity index is 196. The first-order chi connectivity index (χ1) is 5.79. The van der Waals surface area contributed by atoms with Crippen LogP contribution in [0.15, 0.2) is 18.5 Å². The van der Waals surface area contributed by atoms with E-state index >= 15 is 0 Å². The molecule has 0 radical (unpaired) electrons. The van der Waals surface area contributed by atoms with Crippen LogP contribution in [-0.4, -0.2) is 28.2 Å². The highest BCUT2D eigenvalue weighted by Gasteiger charge is 1.94. The van der Waals surface area contributed by atoms with Crippen LogP contribution < -0.4 is 5.32 Å². The van der Waals surface area contributed by atoms with Gasteiger partial charge in [-0.05, 0) is 13.0 Å². The van der Waals surface area contributed by atoms with Gasteiger partial charge in [0.15, 0.2) is 0 Å². The summed E-state index contributed by atoms with van der Waals surface area (Å²) < 4.78 is 1.89. The van der Waals surface area contributed by atoms with E-state index in [0.29, 0.717) is 0 Å². The van der Waals surface area contributed by atoms with Crippen molar-refractivity contribution in [1.29, 1.82) is 0 Å². The van der Waals surface area contributed by atoms with Crippen LogP contribution in [0.4, 0.5) is 0 Å². The summed E-state index contributed by atoms with van der Waals surface area (Å²) in [6.07, 6.45) is 3.73. The predicted molar refractivity (Wildman–Crippen MR) is 50.4 cm³/mol. The van der Waals surface area contributed by atoms with Gasteiger partial charge in [0, 0.05) is 30.9 Å². The molecule has 1 rings (SSSR count). The van der Waals surface area contributed by atoms with Gasteiger partial charge < -0.3 is 5.32 Å². The summed E-state index contributed by atoms with van der Waals surface area (Å²) in [4.78, 5) is 0. The molecule has 3 nitrogen and oxygen atoms in total. The van der Waals surface area contributed by atoms with Gasteiger partial charge in [-0.25, -0.2) is 0 Å². The molecule has 0 aliphatic heterocycles. The molecule has 12 heavy (non-hydrogen) atoms. The first kappa shape index (κ1) is 9.55. The fourth-order valence-corrected chi connectivity index (χ4v) is 1.04. The van der Waals surface area contributed by atoms with E-state index in [1.54, 1.807) is 6.20 Å². The number of hydrogen-bond donors (Lipinski definition) is 1. The maximum absolute atomic E-state index is 5.75. The molecule has 1 aromatic heterocycles. The van der Waals surface area contributed by atoms with Crippen molar-refractivity contribution < 1.29 is 0 Å². The fraction of sp³-hybridized carbons (Fsp3) is 0.625. The number of hydrogen-bond acceptors (Lipinski definition) is 2. The number of rotatable bonds is 5. The maximum Gasteiger partial charge on any atom is 0.0533 e. The summed E-state index contributed by atoms with van der Waals surface area (Å²) >= 11 is 5.75. The molecule has 0 amide bonds. The zero-order valence-electron chi connectivity index (χ0n) is 7.20. The molecule has 1 heterocycles. The molecule has 4 heteroatoms. The van der Waals surface area contributed by atoms with E-state index in [2.05, 4.69) is 10.4 Å². The second kappa shape index (κ2) is 5.17. The summed E-state index contributed by atoms with van der Waals surface area (Å²) in [5, 5.41) is 7.50. The summed E-state index contributed by atoms with van der Waals surface area (Å²) in [6, 6.07) is 1.92. The SMILES string of the molecule is CC(Cl)CNCCn1cccn1. The lowest BCUT2D eigenvalue weighted by Gasteiger charge is -2.05. The molecule has 0 spiro atoms. The summed E-state index contributed by atoms with van der Waals surface area (Å²) in [5.74, 6) is 0. The predicted octanol–water partition coefficient (Wildman–Crippen LogP) is 1.10. The van der Waals surface area contributed by atoms with Crippen molar-refractivity contribution in [2.24, 2.45) is 0 Å². The van der Waals surface area contributed by atoms with Crippen molar-refractivity contribution in [3.8, 4) is 0 Å². The second-order valence-electron chi connectivity index (χ2n) is 2.75. The standard InChI is InChI=1S/C8H14ClN3/c1-8(9)7-10-4-6-12-5-2-3-11-12/h2-3,5,8,10H,4,6-7H2,1H3. The van der Waals surface area contributed by atoms with Crippen molar-refractivity contribution in [3.05, 3.63) is 18.5 Å². The average Bonchev–Trinajstić information content (AvgIpc) is 2.49. The van der Waals surface area contributed by atoms with Gasteiger partial charge in [0.25, 0.3) is 0 Å². The number of halogens is 1. The van der Waals surface area contributed by atoms with E-state index in [1.807, 2.05) is 23.9 Å². The van der Waals surface area contributed by atoms with E-state index in [0.717, 1.165) is 19.6 Å². The quantitative estimate of drug-likeness (QED) is 0.553. The molecule has 0 saturated heterocycles. The molecule has 1 aromatic rings. The van der Waals surface area contributed by atoms with Crippen LogP contribution in [0.25, 0.3) is 0 Å². The Labute approximate surface area is 77.7 Å². The lowest BCUT2D eigenvalue weighted by molar-refractivity contribution is 0.555. The Hall–Kier alpha value is -0.540. The molecule has 1 atom stereocenters. The van der Waals surface area contributed by atoms with Gasteiger partial charge in [0.1, 0.15) is 0 Å². The van der Waals surface area contributed by atoms with Crippen molar-refractivity contribution in [1.82, 2.24) is 15.1 Å². The number of aromatic nitrogens is 2. The van der Waals surface area contributed by atoms with Crippen LogP contribution in [0, 0.1) is 0 Å². The highest BCUT2D eigenvalue weighted by atomic mass is 35.5. The van der Waals surface area contributed by atoms with Gasteiger partial charge in [0.05, 0.1) is 6.54 Å². The van der Waals surface area contributed by atoms with Crippen molar-refractivity contribution >= 4 is 11.6 Å². The average molecular weight is 188 g/mol. The minimum atomic E-state index is 0.197. The first-order valence-corrected chi connectivity index (χ1v) is 4.55. The van der Waals surface area contributed by atoms with E-state index in [9.17, 15) is 0 Å². The van der Waals surface area contributed by atoms with Crippen LogP contribution in [-0.2, 0) is 6.54 Å². The lowest BCUT2D eigenvalue weighted by atomic mass is 10.4. The molecular weight excluding hydrogens is 174 g/mol. The highest BCUT2D eigenvalue weighted by Crippen LogP contribution is 1.89. The third-order valence-corrected chi connectivity index (χ3v) is 1.66. The summed E-state index contributed by atoms with van der Waals surface area (Å²) in [5.41, 5.74) is 0. The molecule has 0 fully saturated rings. The summed E-state index contributed by atoms with van der Waals surface area (Å²) in [7, 11) is 0. The largest absolute Gasteiger partial charge is 0.313 e. The van der Waals surface area contributed by atoms with E-state index in [1.165, 1.54) is 0 Å². The first-order valence-electron chi connectivity index (χ1n) is 4.11. The monoisotopic (exact) mass is 187 g/mol. The Balaban J connectivity index is 2.04. The lowest BCUT2D eigenvalue weighted by Crippen LogP contribution is -2.25. The Morgan fingerprint density at radius 2 is 2.50 bits per heavy atom. The summed E-state index contributed by atoms with van der Waals surface area (Å²) in [6.45, 7) is 4.64. The van der Waals surface area contributed by atoms with Crippen molar-refractivity contribution in [3.63, 3.8) is 0 Å². The molecule has 0 saturated carbocycles. The molecule has 1 N–H and O–H groups in total. The number of nitrogens with one attached hydrogen (secondary N) is 1. The van der Waals surface area contributed by atoms with Gasteiger partial charge in [-0.3, -0.25) is 4.68 Å². The second-order valence-corrected chi connectivity index (χ2v) is 3.50. The van der Waals surface area contributed by atoms with Crippen LogP contribution in [0.3, 0.4) is 0 Å². The van der Waals surface area contributed by atoms with Gasteiger partial charge in [-0.1, -0.05) is 0 Å². The van der Waals surface area contributed by atoms with Gasteiger partial charge >= 0.3 is 0 Å².